The van der Waals surface area contributed by atoms with Gasteiger partial charge >= 0.3 is 6.18 Å². The number of benzene rings is 1. The lowest BCUT2D eigenvalue weighted by Gasteiger charge is -2.14. The molecule has 0 amide bonds. The van der Waals surface area contributed by atoms with Gasteiger partial charge in [-0.15, -0.1) is 0 Å². The molecule has 0 spiro atoms. The molecule has 0 unspecified atom stereocenters. The molecule has 3 aromatic rings. The van der Waals surface area contributed by atoms with Gasteiger partial charge in [-0.3, -0.25) is 0 Å². The smallest absolute Gasteiger partial charge is 0.237 e. The molecule has 3 rings (SSSR count). The zero-order chi connectivity index (χ0) is 19.7. The van der Waals surface area contributed by atoms with E-state index in [0.717, 1.165) is 12.1 Å². The van der Waals surface area contributed by atoms with Gasteiger partial charge in [0.2, 0.25) is 10.0 Å². The second-order valence-corrected chi connectivity index (χ2v) is 7.61. The summed E-state index contributed by atoms with van der Waals surface area (Å²) >= 11 is 5.57. The van der Waals surface area contributed by atoms with Crippen molar-refractivity contribution in [2.75, 3.05) is 0 Å². The number of alkyl halides is 3. The molecule has 0 radical (unpaired) electrons. The molecule has 0 aliphatic carbocycles. The standard InChI is InChI=1S/C16H12ClF3N4O2S/c17-12-3-4-14(13(8-12)16(18,19)20)27(25,26)23-10-11-2-5-15(21-9-11)24-7-1-6-22-24/h1-9,23H,10H2. The number of halogens is 4. The van der Waals surface area contributed by atoms with Crippen LogP contribution in [-0.4, -0.2) is 23.2 Å². The first kappa shape index (κ1) is 19.3. The van der Waals surface area contributed by atoms with Gasteiger partial charge in [-0.1, -0.05) is 17.7 Å². The van der Waals surface area contributed by atoms with Crippen LogP contribution < -0.4 is 4.72 Å². The number of rotatable bonds is 5. The van der Waals surface area contributed by atoms with Crippen LogP contribution in [-0.2, 0) is 22.7 Å². The van der Waals surface area contributed by atoms with Crippen LogP contribution in [0.5, 0.6) is 0 Å². The number of nitrogens with zero attached hydrogens (tertiary/aromatic N) is 3. The van der Waals surface area contributed by atoms with Crippen LogP contribution in [0.25, 0.3) is 5.82 Å². The summed E-state index contributed by atoms with van der Waals surface area (Å²) in [6.07, 6.45) is -0.188. The summed E-state index contributed by atoms with van der Waals surface area (Å²) in [6.45, 7) is -0.228. The first-order chi connectivity index (χ1) is 12.7. The fraction of sp³-hybridized carbons (Fsp3) is 0.125. The minimum absolute atomic E-state index is 0.209. The molecule has 27 heavy (non-hydrogen) atoms. The minimum Gasteiger partial charge on any atom is -0.237 e. The van der Waals surface area contributed by atoms with Gasteiger partial charge in [-0.25, -0.2) is 22.8 Å². The third-order valence-electron chi connectivity index (χ3n) is 3.55. The zero-order valence-electron chi connectivity index (χ0n) is 13.5. The van der Waals surface area contributed by atoms with Crippen molar-refractivity contribution in [3.05, 3.63) is 71.1 Å². The minimum atomic E-state index is -4.86. The lowest BCUT2D eigenvalue weighted by atomic mass is 10.2. The maximum atomic E-state index is 13.1. The Labute approximate surface area is 157 Å². The fourth-order valence-electron chi connectivity index (χ4n) is 2.28. The molecule has 1 N–H and O–H groups in total. The highest BCUT2D eigenvalue weighted by Gasteiger charge is 2.37. The highest BCUT2D eigenvalue weighted by Crippen LogP contribution is 2.35. The number of sulfonamides is 1. The Morgan fingerprint density at radius 2 is 1.96 bits per heavy atom. The Balaban J connectivity index is 1.80. The van der Waals surface area contributed by atoms with Crippen LogP contribution in [0, 0.1) is 0 Å². The molecule has 0 bridgehead atoms. The SMILES string of the molecule is O=S(=O)(NCc1ccc(-n2cccn2)nc1)c1ccc(Cl)cc1C(F)(F)F. The van der Waals surface area contributed by atoms with E-state index in [1.54, 1.807) is 30.6 Å². The summed E-state index contributed by atoms with van der Waals surface area (Å²) in [4.78, 5) is 3.24. The van der Waals surface area contributed by atoms with Crippen LogP contribution in [0.2, 0.25) is 5.02 Å². The molecule has 0 aliphatic heterocycles. The van der Waals surface area contributed by atoms with E-state index in [0.29, 0.717) is 17.4 Å². The van der Waals surface area contributed by atoms with Crippen molar-refractivity contribution >= 4 is 21.6 Å². The fourth-order valence-corrected chi connectivity index (χ4v) is 3.67. The van der Waals surface area contributed by atoms with Gasteiger partial charge < -0.3 is 0 Å². The zero-order valence-corrected chi connectivity index (χ0v) is 15.1. The van der Waals surface area contributed by atoms with E-state index in [1.807, 2.05) is 0 Å². The summed E-state index contributed by atoms with van der Waals surface area (Å²) < 4.78 is 67.7. The summed E-state index contributed by atoms with van der Waals surface area (Å²) in [5, 5.41) is 3.80. The van der Waals surface area contributed by atoms with Crippen molar-refractivity contribution in [2.45, 2.75) is 17.6 Å². The van der Waals surface area contributed by atoms with Gasteiger partial charge in [-0.05, 0) is 35.9 Å². The molecule has 0 aliphatic rings. The van der Waals surface area contributed by atoms with Crippen LogP contribution in [0.4, 0.5) is 13.2 Å². The first-order valence-corrected chi connectivity index (χ1v) is 9.34. The lowest BCUT2D eigenvalue weighted by molar-refractivity contribution is -0.139. The largest absolute Gasteiger partial charge is 0.417 e. The summed E-state index contributed by atoms with van der Waals surface area (Å²) in [5.74, 6) is 0.517. The van der Waals surface area contributed by atoms with Gasteiger partial charge in [0.15, 0.2) is 5.82 Å². The lowest BCUT2D eigenvalue weighted by Crippen LogP contribution is -2.26. The second kappa shape index (κ2) is 7.29. The van der Waals surface area contributed by atoms with E-state index in [1.165, 1.54) is 10.9 Å². The molecule has 1 aromatic carbocycles. The van der Waals surface area contributed by atoms with Crippen molar-refractivity contribution in [3.8, 4) is 5.82 Å². The third kappa shape index (κ3) is 4.46. The highest BCUT2D eigenvalue weighted by molar-refractivity contribution is 7.89. The van der Waals surface area contributed by atoms with Crippen LogP contribution >= 0.6 is 11.6 Å². The topological polar surface area (TPSA) is 76.9 Å². The molecular weight excluding hydrogens is 405 g/mol. The van der Waals surface area contributed by atoms with Crippen molar-refractivity contribution in [3.63, 3.8) is 0 Å². The number of pyridine rings is 1. The molecule has 6 nitrogen and oxygen atoms in total. The molecule has 142 valence electrons. The molecule has 0 saturated carbocycles. The monoisotopic (exact) mass is 416 g/mol. The maximum Gasteiger partial charge on any atom is 0.417 e. The van der Waals surface area contributed by atoms with Crippen LogP contribution in [0.15, 0.2) is 59.9 Å². The number of nitrogens with one attached hydrogen (secondary N) is 1. The molecule has 0 saturated heterocycles. The number of hydrogen-bond donors (Lipinski definition) is 1. The molecular formula is C16H12ClF3N4O2S. The van der Waals surface area contributed by atoms with Crippen molar-refractivity contribution in [1.29, 1.82) is 0 Å². The predicted molar refractivity (Wildman–Crippen MR) is 91.8 cm³/mol. The average molecular weight is 417 g/mol. The van der Waals surface area contributed by atoms with E-state index < -0.39 is 26.7 Å². The molecule has 0 fully saturated rings. The number of aromatic nitrogens is 3. The quantitative estimate of drug-likeness (QED) is 0.691. The van der Waals surface area contributed by atoms with Gasteiger partial charge in [0.05, 0.1) is 10.5 Å². The number of hydrogen-bond acceptors (Lipinski definition) is 4. The van der Waals surface area contributed by atoms with Gasteiger partial charge in [0.1, 0.15) is 0 Å². The Morgan fingerprint density at radius 3 is 2.56 bits per heavy atom. The van der Waals surface area contributed by atoms with Crippen molar-refractivity contribution < 1.29 is 21.6 Å². The maximum absolute atomic E-state index is 13.1. The molecule has 2 heterocycles. The normalized spacial score (nSPS) is 12.3. The Bertz CT molecular complexity index is 1040. The summed E-state index contributed by atoms with van der Waals surface area (Å²) in [5.41, 5.74) is -0.855. The van der Waals surface area contributed by atoms with Gasteiger partial charge in [0, 0.05) is 30.2 Å². The van der Waals surface area contributed by atoms with E-state index in [-0.39, 0.29) is 11.6 Å². The molecule has 0 atom stereocenters. The molecule has 2 aromatic heterocycles. The molecule has 11 heteroatoms. The summed E-state index contributed by atoms with van der Waals surface area (Å²) in [6, 6.07) is 7.42. The third-order valence-corrected chi connectivity index (χ3v) is 5.25. The Morgan fingerprint density at radius 1 is 1.19 bits per heavy atom. The van der Waals surface area contributed by atoms with E-state index in [9.17, 15) is 21.6 Å². The van der Waals surface area contributed by atoms with E-state index in [2.05, 4.69) is 14.8 Å². The van der Waals surface area contributed by atoms with Crippen LogP contribution in [0.1, 0.15) is 11.1 Å². The summed E-state index contributed by atoms with van der Waals surface area (Å²) in [7, 11) is -4.42. The van der Waals surface area contributed by atoms with Gasteiger partial charge in [-0.2, -0.15) is 18.3 Å². The van der Waals surface area contributed by atoms with E-state index >= 15 is 0 Å². The predicted octanol–water partition coefficient (Wildman–Crippen LogP) is 3.42. The van der Waals surface area contributed by atoms with Crippen LogP contribution in [0.3, 0.4) is 0 Å². The highest BCUT2D eigenvalue weighted by atomic mass is 35.5. The second-order valence-electron chi connectivity index (χ2n) is 5.44. The average Bonchev–Trinajstić information content (AvgIpc) is 3.14. The van der Waals surface area contributed by atoms with Gasteiger partial charge in [0.25, 0.3) is 0 Å². The first-order valence-electron chi connectivity index (χ1n) is 7.48. The van der Waals surface area contributed by atoms with Crippen molar-refractivity contribution in [1.82, 2.24) is 19.5 Å². The van der Waals surface area contributed by atoms with E-state index in [4.69, 9.17) is 11.6 Å². The van der Waals surface area contributed by atoms with Crippen molar-refractivity contribution in [2.24, 2.45) is 0 Å². The Kier molecular flexibility index (Phi) is 5.22. The Hall–Kier alpha value is -2.43.